The Bertz CT molecular complexity index is 970. The normalized spacial score (nSPS) is 19.5. The molecule has 1 aromatic rings. The number of carboxylic acid groups (broad SMARTS) is 1. The van der Waals surface area contributed by atoms with Gasteiger partial charge >= 0.3 is 5.97 Å². The van der Waals surface area contributed by atoms with Crippen LogP contribution in [0.5, 0.6) is 0 Å². The van der Waals surface area contributed by atoms with Crippen molar-refractivity contribution in [1.82, 2.24) is 10.8 Å². The van der Waals surface area contributed by atoms with Gasteiger partial charge in [-0.2, -0.15) is 0 Å². The van der Waals surface area contributed by atoms with Crippen LogP contribution in [0.4, 0.5) is 8.78 Å². The van der Waals surface area contributed by atoms with Gasteiger partial charge in [0.1, 0.15) is 6.04 Å². The molecule has 10 heteroatoms. The lowest BCUT2D eigenvalue weighted by atomic mass is 9.95. The van der Waals surface area contributed by atoms with Crippen LogP contribution in [0.25, 0.3) is 0 Å². The molecule has 0 spiro atoms. The van der Waals surface area contributed by atoms with E-state index in [2.05, 4.69) is 23.7 Å². The molecule has 0 heterocycles. The zero-order valence-electron chi connectivity index (χ0n) is 16.4. The predicted octanol–water partition coefficient (Wildman–Crippen LogP) is 0.772. The van der Waals surface area contributed by atoms with Crippen molar-refractivity contribution in [2.24, 2.45) is 11.8 Å². The molecule has 1 fully saturated rings. The largest absolute Gasteiger partial charge is 0.481 e. The van der Waals surface area contributed by atoms with E-state index in [4.69, 9.17) is 10.3 Å². The number of carbonyl (C=O) groups is 3. The van der Waals surface area contributed by atoms with Crippen LogP contribution in [0, 0.1) is 35.5 Å². The summed E-state index contributed by atoms with van der Waals surface area (Å²) in [6.45, 7) is 0.656. The number of benzene rings is 1. The number of carbonyl (C=O) groups excluding carboxylic acids is 2. The number of nitrogens with one attached hydrogen (secondary N) is 2. The Labute approximate surface area is 176 Å². The van der Waals surface area contributed by atoms with Crippen LogP contribution in [0.3, 0.4) is 0 Å². The summed E-state index contributed by atoms with van der Waals surface area (Å²) < 4.78 is 26.1. The highest BCUT2D eigenvalue weighted by molar-refractivity contribution is 5.97. The number of alkyl halides is 2. The lowest BCUT2D eigenvalue weighted by molar-refractivity contribution is -0.149. The van der Waals surface area contributed by atoms with Crippen molar-refractivity contribution in [3.63, 3.8) is 0 Å². The third kappa shape index (κ3) is 6.51. The topological polar surface area (TPSA) is 136 Å². The van der Waals surface area contributed by atoms with Crippen molar-refractivity contribution in [3.05, 3.63) is 35.4 Å². The minimum Gasteiger partial charge on any atom is -0.481 e. The highest BCUT2D eigenvalue weighted by Crippen LogP contribution is 2.40. The van der Waals surface area contributed by atoms with Crippen molar-refractivity contribution in [2.45, 2.75) is 37.8 Å². The summed E-state index contributed by atoms with van der Waals surface area (Å²) in [5.41, 5.74) is -1.27. The van der Waals surface area contributed by atoms with E-state index in [1.807, 2.05) is 5.32 Å². The third-order valence-electron chi connectivity index (χ3n) is 4.71. The second kappa shape index (κ2) is 10.0. The first kappa shape index (κ1) is 23.8. The lowest BCUT2D eigenvalue weighted by Crippen LogP contribution is -2.61. The first-order chi connectivity index (χ1) is 14.6. The Morgan fingerprint density at radius 2 is 1.87 bits per heavy atom. The highest BCUT2D eigenvalue weighted by atomic mass is 19.3. The van der Waals surface area contributed by atoms with Gasteiger partial charge in [0.15, 0.2) is 5.60 Å². The third-order valence-corrected chi connectivity index (χ3v) is 4.71. The minimum absolute atomic E-state index is 0.00642. The first-order valence-corrected chi connectivity index (χ1v) is 9.15. The van der Waals surface area contributed by atoms with Gasteiger partial charge in [-0.05, 0) is 55.4 Å². The molecular weight excluding hydrogens is 414 g/mol. The van der Waals surface area contributed by atoms with Gasteiger partial charge in [0.25, 0.3) is 18.2 Å². The van der Waals surface area contributed by atoms with Crippen molar-refractivity contribution in [3.8, 4) is 23.7 Å². The molecule has 1 aromatic carbocycles. The van der Waals surface area contributed by atoms with Gasteiger partial charge in [0.2, 0.25) is 0 Å². The molecule has 0 aliphatic heterocycles. The fraction of sp³-hybridized carbons (Fsp3) is 0.381. The number of hydrogen-bond donors (Lipinski definition) is 5. The Kier molecular flexibility index (Phi) is 7.70. The molecule has 1 saturated carbocycles. The summed E-state index contributed by atoms with van der Waals surface area (Å²) in [4.78, 5) is 34.5. The van der Waals surface area contributed by atoms with Gasteiger partial charge in [0.05, 0.1) is 0 Å². The number of hydroxylamine groups is 1. The van der Waals surface area contributed by atoms with E-state index < -0.39 is 35.9 Å². The van der Waals surface area contributed by atoms with Crippen LogP contribution >= 0.6 is 0 Å². The number of hydrogen-bond acceptors (Lipinski definition) is 5. The standard InChI is InChI=1S/C21H20F2N2O6/c1-21(30,20(22)23)17(19(29)25-31)24-18(28)13-8-6-12(7-9-13)4-2-3-5-14-10-15(14)11-16(26)27/h6-9,14-15,17,20,30-31H,10-11H2,1H3,(H,24,28)(H,25,29)(H,26,27). The van der Waals surface area contributed by atoms with Crippen LogP contribution in [-0.4, -0.2) is 51.3 Å². The van der Waals surface area contributed by atoms with Gasteiger partial charge in [-0.3, -0.25) is 19.6 Å². The van der Waals surface area contributed by atoms with Crippen molar-refractivity contribution < 1.29 is 38.6 Å². The van der Waals surface area contributed by atoms with Crippen molar-refractivity contribution in [1.29, 1.82) is 0 Å². The van der Waals surface area contributed by atoms with E-state index in [1.54, 1.807) is 0 Å². The molecule has 0 saturated heterocycles. The minimum atomic E-state index is -3.37. The van der Waals surface area contributed by atoms with Crippen molar-refractivity contribution in [2.75, 3.05) is 0 Å². The summed E-state index contributed by atoms with van der Waals surface area (Å²) in [5.74, 6) is 7.83. The van der Waals surface area contributed by atoms with Crippen LogP contribution < -0.4 is 10.8 Å². The smallest absolute Gasteiger partial charge is 0.303 e. The number of amides is 2. The van der Waals surface area contributed by atoms with E-state index in [0.717, 1.165) is 11.9 Å². The summed E-state index contributed by atoms with van der Waals surface area (Å²) in [7, 11) is 0. The fourth-order valence-corrected chi connectivity index (χ4v) is 2.69. The van der Waals surface area contributed by atoms with E-state index >= 15 is 0 Å². The van der Waals surface area contributed by atoms with Crippen LogP contribution in [-0.2, 0) is 9.59 Å². The molecule has 0 bridgehead atoms. The molecule has 1 aliphatic carbocycles. The molecule has 0 radical (unpaired) electrons. The number of carboxylic acids is 1. The molecule has 5 N–H and O–H groups in total. The predicted molar refractivity (Wildman–Crippen MR) is 103 cm³/mol. The van der Waals surface area contributed by atoms with Gasteiger partial charge in [-0.25, -0.2) is 14.3 Å². The maximum absolute atomic E-state index is 13.0. The molecular formula is C21H20F2N2O6. The molecule has 8 nitrogen and oxygen atoms in total. The maximum Gasteiger partial charge on any atom is 0.303 e. The van der Waals surface area contributed by atoms with Crippen LogP contribution in [0.1, 0.15) is 35.7 Å². The van der Waals surface area contributed by atoms with E-state index in [1.165, 1.54) is 24.3 Å². The Morgan fingerprint density at radius 3 is 2.42 bits per heavy atom. The van der Waals surface area contributed by atoms with Crippen LogP contribution in [0.2, 0.25) is 0 Å². The molecule has 4 unspecified atom stereocenters. The average Bonchev–Trinajstić information content (AvgIpc) is 3.45. The van der Waals surface area contributed by atoms with Crippen molar-refractivity contribution >= 4 is 17.8 Å². The van der Waals surface area contributed by atoms with Gasteiger partial charge < -0.3 is 15.5 Å². The molecule has 1 aliphatic rings. The van der Waals surface area contributed by atoms with Gasteiger partial charge in [-0.1, -0.05) is 11.8 Å². The second-order valence-corrected chi connectivity index (χ2v) is 7.21. The molecule has 31 heavy (non-hydrogen) atoms. The average molecular weight is 434 g/mol. The number of rotatable bonds is 7. The lowest BCUT2D eigenvalue weighted by Gasteiger charge is -2.30. The van der Waals surface area contributed by atoms with Gasteiger partial charge in [-0.15, -0.1) is 0 Å². The molecule has 2 rings (SSSR count). The SMILES string of the molecule is CC(O)(C(F)F)C(NC(=O)c1ccc(C#CC#CC2CC2CC(=O)O)cc1)C(=O)NO. The number of halogens is 2. The fourth-order valence-electron chi connectivity index (χ4n) is 2.69. The monoisotopic (exact) mass is 434 g/mol. The highest BCUT2D eigenvalue weighted by Gasteiger charge is 2.46. The van der Waals surface area contributed by atoms with Crippen LogP contribution in [0.15, 0.2) is 24.3 Å². The molecule has 2 amide bonds. The van der Waals surface area contributed by atoms with Gasteiger partial charge in [0, 0.05) is 23.5 Å². The summed E-state index contributed by atoms with van der Waals surface area (Å²) in [5, 5.41) is 29.2. The zero-order chi connectivity index (χ0) is 23.2. The quantitative estimate of drug-likeness (QED) is 0.244. The Balaban J connectivity index is 2.01. The second-order valence-electron chi connectivity index (χ2n) is 7.21. The maximum atomic E-state index is 13.0. The summed E-state index contributed by atoms with van der Waals surface area (Å²) >= 11 is 0. The molecule has 164 valence electrons. The molecule has 0 aromatic heterocycles. The summed E-state index contributed by atoms with van der Waals surface area (Å²) in [6.07, 6.45) is -2.55. The van der Waals surface area contributed by atoms with E-state index in [0.29, 0.717) is 12.5 Å². The first-order valence-electron chi connectivity index (χ1n) is 9.15. The zero-order valence-corrected chi connectivity index (χ0v) is 16.4. The van der Waals surface area contributed by atoms with E-state index in [-0.39, 0.29) is 23.8 Å². The number of aliphatic hydroxyl groups is 1. The number of aliphatic carboxylic acids is 1. The Hall–Kier alpha value is -3.47. The van der Waals surface area contributed by atoms with E-state index in [9.17, 15) is 28.3 Å². The summed E-state index contributed by atoms with van der Waals surface area (Å²) in [6, 6.07) is 3.51. The Morgan fingerprint density at radius 1 is 1.23 bits per heavy atom. The molecule has 4 atom stereocenters.